The summed E-state index contributed by atoms with van der Waals surface area (Å²) in [4.78, 5) is 15.2. The third kappa shape index (κ3) is 2.84. The highest BCUT2D eigenvalue weighted by Gasteiger charge is 2.11. The predicted octanol–water partition coefficient (Wildman–Crippen LogP) is 1.45. The van der Waals surface area contributed by atoms with E-state index in [1.165, 1.54) is 18.9 Å². The van der Waals surface area contributed by atoms with Crippen molar-refractivity contribution in [2.24, 2.45) is 0 Å². The quantitative estimate of drug-likeness (QED) is 0.533. The molecule has 3 rings (SSSR count). The van der Waals surface area contributed by atoms with E-state index in [0.29, 0.717) is 16.5 Å². The Morgan fingerprint density at radius 1 is 1.33 bits per heavy atom. The fourth-order valence-electron chi connectivity index (χ4n) is 1.72. The number of aromatic nitrogens is 5. The zero-order valence-electron chi connectivity index (χ0n) is 11.1. The van der Waals surface area contributed by atoms with Crippen molar-refractivity contribution < 1.29 is 9.53 Å². The number of esters is 1. The Morgan fingerprint density at radius 2 is 2.24 bits per heavy atom. The fraction of sp³-hybridized carbons (Fsp3) is 0.154. The summed E-state index contributed by atoms with van der Waals surface area (Å²) in [6, 6.07) is 7.32. The molecular weight excluding hydrogens is 290 g/mol. The highest BCUT2D eigenvalue weighted by atomic mass is 32.2. The van der Waals surface area contributed by atoms with Crippen LogP contribution in [-0.2, 0) is 9.53 Å². The standard InChI is InChI=1S/C13H11N5O2S/c1-20-12(19)8-21-11-5-4-10-15-16-13(18(10)17-11)9-3-2-6-14-7-9/h2-7H,8H2,1H3. The van der Waals surface area contributed by atoms with Gasteiger partial charge in [-0.05, 0) is 24.3 Å². The lowest BCUT2D eigenvalue weighted by Crippen LogP contribution is -2.04. The Morgan fingerprint density at radius 3 is 3.00 bits per heavy atom. The van der Waals surface area contributed by atoms with Crippen LogP contribution in [0.4, 0.5) is 0 Å². The van der Waals surface area contributed by atoms with Crippen LogP contribution in [0.3, 0.4) is 0 Å². The van der Waals surface area contributed by atoms with E-state index in [1.807, 2.05) is 12.1 Å². The first-order chi connectivity index (χ1) is 10.3. The molecule has 3 heterocycles. The molecule has 0 aliphatic rings. The third-order valence-electron chi connectivity index (χ3n) is 2.72. The van der Waals surface area contributed by atoms with Crippen molar-refractivity contribution in [3.05, 3.63) is 36.7 Å². The van der Waals surface area contributed by atoms with Crippen LogP contribution >= 0.6 is 11.8 Å². The number of fused-ring (bicyclic) bond motifs is 1. The minimum Gasteiger partial charge on any atom is -0.468 e. The average Bonchev–Trinajstić information content (AvgIpc) is 2.96. The number of ether oxygens (including phenoxy) is 1. The molecule has 0 amide bonds. The van der Waals surface area contributed by atoms with Crippen molar-refractivity contribution in [1.29, 1.82) is 0 Å². The van der Waals surface area contributed by atoms with E-state index < -0.39 is 0 Å². The Bertz CT molecular complexity index is 775. The second kappa shape index (κ2) is 5.88. The first-order valence-electron chi connectivity index (χ1n) is 6.10. The molecule has 3 aromatic heterocycles. The van der Waals surface area contributed by atoms with Crippen molar-refractivity contribution in [1.82, 2.24) is 24.8 Å². The average molecular weight is 301 g/mol. The smallest absolute Gasteiger partial charge is 0.316 e. The number of methoxy groups -OCH3 is 1. The van der Waals surface area contributed by atoms with Gasteiger partial charge in [-0.1, -0.05) is 11.8 Å². The molecule has 0 aliphatic heterocycles. The predicted molar refractivity (Wildman–Crippen MR) is 76.8 cm³/mol. The summed E-state index contributed by atoms with van der Waals surface area (Å²) < 4.78 is 6.25. The van der Waals surface area contributed by atoms with Gasteiger partial charge < -0.3 is 4.74 Å². The minimum absolute atomic E-state index is 0.208. The molecule has 106 valence electrons. The molecule has 0 aromatic carbocycles. The van der Waals surface area contributed by atoms with Gasteiger partial charge in [0.2, 0.25) is 0 Å². The number of carbonyl (C=O) groups excluding carboxylic acids is 1. The Hall–Kier alpha value is -2.48. The molecule has 3 aromatic rings. The summed E-state index contributed by atoms with van der Waals surface area (Å²) in [5.41, 5.74) is 1.46. The van der Waals surface area contributed by atoms with Gasteiger partial charge in [0.25, 0.3) is 0 Å². The molecule has 0 bridgehead atoms. The molecule has 0 atom stereocenters. The van der Waals surface area contributed by atoms with E-state index in [-0.39, 0.29) is 11.7 Å². The second-order valence-corrected chi connectivity index (χ2v) is 5.07. The van der Waals surface area contributed by atoms with Crippen LogP contribution < -0.4 is 0 Å². The van der Waals surface area contributed by atoms with Gasteiger partial charge in [-0.25, -0.2) is 0 Å². The highest BCUT2D eigenvalue weighted by Crippen LogP contribution is 2.19. The van der Waals surface area contributed by atoms with E-state index in [0.717, 1.165) is 5.56 Å². The highest BCUT2D eigenvalue weighted by molar-refractivity contribution is 7.99. The molecule has 21 heavy (non-hydrogen) atoms. The molecule has 0 N–H and O–H groups in total. The van der Waals surface area contributed by atoms with E-state index in [2.05, 4.69) is 25.0 Å². The monoisotopic (exact) mass is 301 g/mol. The lowest BCUT2D eigenvalue weighted by Gasteiger charge is -2.02. The van der Waals surface area contributed by atoms with Crippen LogP contribution in [0.5, 0.6) is 0 Å². The van der Waals surface area contributed by atoms with Crippen LogP contribution in [0.15, 0.2) is 41.7 Å². The zero-order valence-corrected chi connectivity index (χ0v) is 11.9. The molecule has 8 heteroatoms. The number of hydrogen-bond acceptors (Lipinski definition) is 7. The van der Waals surface area contributed by atoms with Gasteiger partial charge in [0, 0.05) is 18.0 Å². The lowest BCUT2D eigenvalue weighted by molar-refractivity contribution is -0.137. The van der Waals surface area contributed by atoms with Gasteiger partial charge in [-0.2, -0.15) is 9.61 Å². The summed E-state index contributed by atoms with van der Waals surface area (Å²) in [6.45, 7) is 0. The summed E-state index contributed by atoms with van der Waals surface area (Å²) in [5.74, 6) is 0.524. The fourth-order valence-corrected chi connectivity index (χ4v) is 2.40. The summed E-state index contributed by atoms with van der Waals surface area (Å²) in [5, 5.41) is 13.3. The van der Waals surface area contributed by atoms with Gasteiger partial charge in [-0.15, -0.1) is 10.2 Å². The molecule has 0 spiro atoms. The zero-order chi connectivity index (χ0) is 14.7. The summed E-state index contributed by atoms with van der Waals surface area (Å²) in [7, 11) is 1.36. The van der Waals surface area contributed by atoms with Crippen molar-refractivity contribution in [2.75, 3.05) is 12.9 Å². The third-order valence-corrected chi connectivity index (χ3v) is 3.62. The molecule has 0 fully saturated rings. The van der Waals surface area contributed by atoms with E-state index in [1.54, 1.807) is 29.0 Å². The molecule has 7 nitrogen and oxygen atoms in total. The number of nitrogens with zero attached hydrogens (tertiary/aromatic N) is 5. The Kier molecular flexibility index (Phi) is 3.78. The normalized spacial score (nSPS) is 10.7. The first-order valence-corrected chi connectivity index (χ1v) is 7.09. The maximum Gasteiger partial charge on any atom is 0.316 e. The maximum atomic E-state index is 11.2. The number of rotatable bonds is 4. The Balaban J connectivity index is 1.95. The van der Waals surface area contributed by atoms with Gasteiger partial charge in [-0.3, -0.25) is 9.78 Å². The second-order valence-electron chi connectivity index (χ2n) is 4.07. The van der Waals surface area contributed by atoms with Crippen molar-refractivity contribution in [3.8, 4) is 11.4 Å². The number of carbonyl (C=O) groups is 1. The van der Waals surface area contributed by atoms with Crippen LogP contribution in [0, 0.1) is 0 Å². The SMILES string of the molecule is COC(=O)CSc1ccc2nnc(-c3cccnc3)n2n1. The largest absolute Gasteiger partial charge is 0.468 e. The molecule has 0 saturated carbocycles. The first kappa shape index (κ1) is 13.5. The van der Waals surface area contributed by atoms with E-state index in [9.17, 15) is 4.79 Å². The van der Waals surface area contributed by atoms with Crippen LogP contribution in [-0.4, -0.2) is 43.6 Å². The van der Waals surface area contributed by atoms with Crippen molar-refractivity contribution in [2.45, 2.75) is 5.03 Å². The minimum atomic E-state index is -0.293. The van der Waals surface area contributed by atoms with Crippen molar-refractivity contribution >= 4 is 23.4 Å². The van der Waals surface area contributed by atoms with E-state index in [4.69, 9.17) is 0 Å². The van der Waals surface area contributed by atoms with Crippen LogP contribution in [0.1, 0.15) is 0 Å². The maximum absolute atomic E-state index is 11.2. The topological polar surface area (TPSA) is 82.3 Å². The van der Waals surface area contributed by atoms with Gasteiger partial charge in [0.1, 0.15) is 5.03 Å². The van der Waals surface area contributed by atoms with Gasteiger partial charge in [0.05, 0.1) is 12.9 Å². The van der Waals surface area contributed by atoms with Crippen LogP contribution in [0.2, 0.25) is 0 Å². The number of pyridine rings is 1. The molecule has 0 unspecified atom stereocenters. The number of hydrogen-bond donors (Lipinski definition) is 0. The van der Waals surface area contributed by atoms with Crippen LogP contribution in [0.25, 0.3) is 17.0 Å². The lowest BCUT2D eigenvalue weighted by atomic mass is 10.3. The molecule has 0 saturated heterocycles. The molecular formula is C13H11N5O2S. The molecule has 0 aliphatic carbocycles. The van der Waals surface area contributed by atoms with Gasteiger partial charge >= 0.3 is 5.97 Å². The van der Waals surface area contributed by atoms with Gasteiger partial charge in [0.15, 0.2) is 11.5 Å². The summed E-state index contributed by atoms with van der Waals surface area (Å²) in [6.07, 6.45) is 3.39. The summed E-state index contributed by atoms with van der Waals surface area (Å²) >= 11 is 1.30. The molecule has 0 radical (unpaired) electrons. The van der Waals surface area contributed by atoms with Crippen molar-refractivity contribution in [3.63, 3.8) is 0 Å². The number of thioether (sulfide) groups is 1. The Labute approximate surface area is 124 Å². The van der Waals surface area contributed by atoms with E-state index >= 15 is 0 Å².